The van der Waals surface area contributed by atoms with Crippen molar-refractivity contribution in [1.82, 2.24) is 15.3 Å². The van der Waals surface area contributed by atoms with E-state index in [4.69, 9.17) is 19.6 Å². The molecule has 0 radical (unpaired) electrons. The summed E-state index contributed by atoms with van der Waals surface area (Å²) in [7, 11) is 0. The molecule has 1 saturated carbocycles. The number of hydrogen-bond donors (Lipinski definition) is 3. The van der Waals surface area contributed by atoms with Gasteiger partial charge in [-0.15, -0.1) is 0 Å². The summed E-state index contributed by atoms with van der Waals surface area (Å²) in [4.78, 5) is 29.9. The zero-order valence-electron chi connectivity index (χ0n) is 18.8. The Bertz CT molecular complexity index is 1160. The number of nitrogens with zero attached hydrogens (tertiary/aromatic N) is 1. The Labute approximate surface area is 199 Å². The number of imidazole rings is 1. The Kier molecular flexibility index (Phi) is 7.28. The van der Waals surface area contributed by atoms with Crippen LogP contribution < -0.4 is 10.1 Å². The normalized spacial score (nSPS) is 21.7. The number of aromatic nitrogens is 2. The van der Waals surface area contributed by atoms with Gasteiger partial charge in [-0.05, 0) is 55.9 Å². The molecule has 2 aromatic carbocycles. The molecular weight excluding hydrogens is 463 g/mol. The van der Waals surface area contributed by atoms with Crippen molar-refractivity contribution in [2.45, 2.75) is 62.8 Å². The Morgan fingerprint density at radius 3 is 2.51 bits per heavy atom. The molecule has 5 rings (SSSR count). The van der Waals surface area contributed by atoms with Gasteiger partial charge in [0.25, 0.3) is 5.91 Å². The number of benzene rings is 2. The minimum atomic E-state index is -5.08. The van der Waals surface area contributed by atoms with Crippen molar-refractivity contribution in [1.29, 1.82) is 0 Å². The number of hydrogen-bond acceptors (Lipinski definition) is 4. The van der Waals surface area contributed by atoms with Crippen molar-refractivity contribution < 1.29 is 32.6 Å². The monoisotopic (exact) mass is 489 g/mol. The van der Waals surface area contributed by atoms with E-state index in [1.807, 2.05) is 36.4 Å². The third-order valence-electron chi connectivity index (χ3n) is 6.27. The number of amides is 1. The molecule has 35 heavy (non-hydrogen) atoms. The first-order valence-electron chi connectivity index (χ1n) is 11.5. The molecule has 3 aromatic rings. The fourth-order valence-electron chi connectivity index (χ4n) is 4.54. The number of carbonyl (C=O) groups is 2. The Morgan fingerprint density at radius 1 is 1.06 bits per heavy atom. The number of carboxylic acids is 1. The van der Waals surface area contributed by atoms with E-state index in [1.165, 1.54) is 5.56 Å². The van der Waals surface area contributed by atoms with Gasteiger partial charge < -0.3 is 20.1 Å². The van der Waals surface area contributed by atoms with E-state index in [9.17, 15) is 18.0 Å². The summed E-state index contributed by atoms with van der Waals surface area (Å²) in [5.74, 6) is -0.489. The smallest absolute Gasteiger partial charge is 0.480 e. The summed E-state index contributed by atoms with van der Waals surface area (Å²) < 4.78 is 37.7. The number of rotatable bonds is 3. The maximum atomic E-state index is 12.8. The van der Waals surface area contributed by atoms with E-state index in [1.54, 1.807) is 0 Å². The van der Waals surface area contributed by atoms with E-state index in [0.717, 1.165) is 61.1 Å². The summed E-state index contributed by atoms with van der Waals surface area (Å²) >= 11 is 0. The highest BCUT2D eigenvalue weighted by Crippen LogP contribution is 2.33. The number of H-pyrrole nitrogens is 1. The van der Waals surface area contributed by atoms with Crippen LogP contribution in [0.1, 0.15) is 49.4 Å². The summed E-state index contributed by atoms with van der Waals surface area (Å²) in [5, 5.41) is 10.4. The predicted octanol–water partition coefficient (Wildman–Crippen LogP) is 4.73. The van der Waals surface area contributed by atoms with Gasteiger partial charge in [-0.3, -0.25) is 4.79 Å². The van der Waals surface area contributed by atoms with Crippen LogP contribution in [0, 0.1) is 0 Å². The lowest BCUT2D eigenvalue weighted by Gasteiger charge is -2.31. The molecule has 1 aliphatic carbocycles. The molecule has 0 bridgehead atoms. The highest BCUT2D eigenvalue weighted by molar-refractivity contribution is 5.82. The molecule has 2 heterocycles. The van der Waals surface area contributed by atoms with Crippen molar-refractivity contribution in [2.75, 3.05) is 0 Å². The van der Waals surface area contributed by atoms with Crippen molar-refractivity contribution in [3.63, 3.8) is 0 Å². The van der Waals surface area contributed by atoms with Crippen LogP contribution in [0.25, 0.3) is 11.0 Å². The molecule has 1 aliphatic heterocycles. The van der Waals surface area contributed by atoms with Gasteiger partial charge in [-0.1, -0.05) is 36.8 Å². The van der Waals surface area contributed by atoms with Crippen LogP contribution in [0.2, 0.25) is 0 Å². The quantitative estimate of drug-likeness (QED) is 0.493. The minimum absolute atomic E-state index is 0.0183. The lowest BCUT2D eigenvalue weighted by Crippen LogP contribution is -2.46. The average molecular weight is 489 g/mol. The summed E-state index contributed by atoms with van der Waals surface area (Å²) in [5.41, 5.74) is 3.28. The lowest BCUT2D eigenvalue weighted by molar-refractivity contribution is -0.192. The molecule has 7 nitrogen and oxygen atoms in total. The van der Waals surface area contributed by atoms with Crippen LogP contribution in [-0.2, 0) is 16.0 Å². The average Bonchev–Trinajstić information content (AvgIpc) is 3.28. The molecule has 0 saturated heterocycles. The van der Waals surface area contributed by atoms with Gasteiger partial charge in [0, 0.05) is 12.0 Å². The molecule has 3 atom stereocenters. The molecule has 0 spiro atoms. The van der Waals surface area contributed by atoms with E-state index in [2.05, 4.69) is 22.4 Å². The molecule has 10 heteroatoms. The van der Waals surface area contributed by atoms with Crippen LogP contribution in [0.4, 0.5) is 13.2 Å². The number of aryl methyl sites for hydroxylation is 1. The van der Waals surface area contributed by atoms with Crippen molar-refractivity contribution in [2.24, 2.45) is 0 Å². The molecule has 2 aliphatic rings. The van der Waals surface area contributed by atoms with Gasteiger partial charge >= 0.3 is 12.1 Å². The van der Waals surface area contributed by atoms with Crippen molar-refractivity contribution in [3.8, 4) is 5.75 Å². The third kappa shape index (κ3) is 6.12. The molecule has 1 amide bonds. The topological polar surface area (TPSA) is 104 Å². The number of carboxylic acid groups (broad SMARTS) is 1. The highest BCUT2D eigenvalue weighted by atomic mass is 19.4. The van der Waals surface area contributed by atoms with Gasteiger partial charge in [0.05, 0.1) is 11.0 Å². The summed E-state index contributed by atoms with van der Waals surface area (Å²) in [6.07, 6.45) is 0.311. The first-order valence-corrected chi connectivity index (χ1v) is 11.5. The van der Waals surface area contributed by atoms with E-state index in [-0.39, 0.29) is 18.1 Å². The second-order valence-corrected chi connectivity index (χ2v) is 8.76. The number of nitrogens with one attached hydrogen (secondary N) is 2. The number of alkyl halides is 3. The number of aromatic amines is 1. The van der Waals surface area contributed by atoms with Crippen LogP contribution in [0.5, 0.6) is 5.75 Å². The van der Waals surface area contributed by atoms with Gasteiger partial charge in [-0.25, -0.2) is 9.78 Å². The Morgan fingerprint density at radius 2 is 1.77 bits per heavy atom. The Hall–Kier alpha value is -3.56. The number of ether oxygens (including phenoxy) is 1. The Balaban J connectivity index is 0.000000364. The lowest BCUT2D eigenvalue weighted by atomic mass is 9.85. The van der Waals surface area contributed by atoms with Gasteiger partial charge in [0.15, 0.2) is 6.10 Å². The first kappa shape index (κ1) is 24.6. The van der Waals surface area contributed by atoms with E-state index in [0.29, 0.717) is 5.92 Å². The molecule has 0 unspecified atom stereocenters. The third-order valence-corrected chi connectivity index (χ3v) is 6.27. The first-order chi connectivity index (χ1) is 16.7. The standard InChI is InChI=1S/C23H25N3O2.C2HF3O2/c27-23(21-13-12-15-6-1-4-11-20(15)28-21)24-17-8-5-7-16(14-17)22-25-18-9-2-3-10-19(18)26-22;3-2(4,5)1(6)7/h1-4,6,9-11,16-17,21H,5,7-8,12-14H2,(H,24,27)(H,25,26);(H,6,7)/t16-,17+,21+;/m0./s1. The molecular formula is C25H26F3N3O4. The minimum Gasteiger partial charge on any atom is -0.480 e. The maximum Gasteiger partial charge on any atom is 0.490 e. The fraction of sp³-hybridized carbons (Fsp3) is 0.400. The zero-order valence-corrected chi connectivity index (χ0v) is 18.8. The van der Waals surface area contributed by atoms with Crippen molar-refractivity contribution in [3.05, 3.63) is 59.9 Å². The summed E-state index contributed by atoms with van der Waals surface area (Å²) in [6, 6.07) is 16.3. The zero-order chi connectivity index (χ0) is 25.0. The predicted molar refractivity (Wildman–Crippen MR) is 122 cm³/mol. The van der Waals surface area contributed by atoms with Gasteiger partial charge in [0.1, 0.15) is 11.6 Å². The molecule has 186 valence electrons. The molecule has 3 N–H and O–H groups in total. The molecule has 1 aromatic heterocycles. The van der Waals surface area contributed by atoms with Crippen LogP contribution in [-0.4, -0.2) is 45.3 Å². The van der Waals surface area contributed by atoms with Crippen LogP contribution in [0.3, 0.4) is 0 Å². The van der Waals surface area contributed by atoms with E-state index >= 15 is 0 Å². The van der Waals surface area contributed by atoms with Crippen LogP contribution in [0.15, 0.2) is 48.5 Å². The van der Waals surface area contributed by atoms with E-state index < -0.39 is 12.1 Å². The second kappa shape index (κ2) is 10.4. The van der Waals surface area contributed by atoms with Crippen molar-refractivity contribution >= 4 is 22.9 Å². The maximum absolute atomic E-state index is 12.8. The molecule has 1 fully saturated rings. The number of aliphatic carboxylic acids is 1. The fourth-order valence-corrected chi connectivity index (χ4v) is 4.54. The largest absolute Gasteiger partial charge is 0.490 e. The second-order valence-electron chi connectivity index (χ2n) is 8.76. The number of carbonyl (C=O) groups excluding carboxylic acids is 1. The van der Waals surface area contributed by atoms with Crippen LogP contribution >= 0.6 is 0 Å². The number of fused-ring (bicyclic) bond motifs is 2. The highest BCUT2D eigenvalue weighted by Gasteiger charge is 2.38. The van der Waals surface area contributed by atoms with Gasteiger partial charge in [0.2, 0.25) is 0 Å². The number of halogens is 3. The number of para-hydroxylation sites is 3. The summed E-state index contributed by atoms with van der Waals surface area (Å²) in [6.45, 7) is 0. The SMILES string of the molecule is O=C(N[C@@H]1CCC[C@H](c2nc3ccccc3[nH]2)C1)[C@H]1CCc2ccccc2O1.O=C(O)C(F)(F)F. The van der Waals surface area contributed by atoms with Gasteiger partial charge in [-0.2, -0.15) is 13.2 Å².